The van der Waals surface area contributed by atoms with Crippen molar-refractivity contribution >= 4 is 17.9 Å². The van der Waals surface area contributed by atoms with Crippen LogP contribution in [0, 0.1) is 19.8 Å². The lowest BCUT2D eigenvalue weighted by atomic mass is 9.93. The first kappa shape index (κ1) is 29.2. The number of carbonyl (C=O) groups is 3. The van der Waals surface area contributed by atoms with Crippen LogP contribution in [0.1, 0.15) is 82.2 Å². The third-order valence-corrected chi connectivity index (χ3v) is 6.91. The molecule has 1 aliphatic rings. The largest absolute Gasteiger partial charge is 0.444 e. The minimum atomic E-state index is -0.815. The van der Waals surface area contributed by atoms with Crippen LogP contribution in [0.4, 0.5) is 4.79 Å². The molecule has 3 unspecified atom stereocenters. The summed E-state index contributed by atoms with van der Waals surface area (Å²) in [5.41, 5.74) is 3.04. The topological polar surface area (TPSA) is 87.7 Å². The molecule has 0 saturated heterocycles. The van der Waals surface area contributed by atoms with Crippen molar-refractivity contribution in [3.05, 3.63) is 70.8 Å². The van der Waals surface area contributed by atoms with Gasteiger partial charge in [0.25, 0.3) is 0 Å². The molecule has 2 aromatic carbocycles. The highest BCUT2D eigenvalue weighted by atomic mass is 16.6. The molecule has 1 fully saturated rings. The van der Waals surface area contributed by atoms with Gasteiger partial charge in [-0.05, 0) is 70.1 Å². The average Bonchev–Trinajstić information content (AvgIpc) is 3.70. The predicted molar refractivity (Wildman–Crippen MR) is 149 cm³/mol. The Morgan fingerprint density at radius 3 is 2.29 bits per heavy atom. The second kappa shape index (κ2) is 12.5. The van der Waals surface area contributed by atoms with Gasteiger partial charge in [0.2, 0.25) is 11.8 Å². The van der Waals surface area contributed by atoms with Gasteiger partial charge in [-0.1, -0.05) is 74.4 Å². The van der Waals surface area contributed by atoms with Gasteiger partial charge >= 0.3 is 6.09 Å². The van der Waals surface area contributed by atoms with E-state index in [0.29, 0.717) is 13.0 Å². The molecule has 0 aliphatic heterocycles. The van der Waals surface area contributed by atoms with Gasteiger partial charge in [-0.15, -0.1) is 0 Å². The van der Waals surface area contributed by atoms with Crippen molar-refractivity contribution in [2.75, 3.05) is 0 Å². The van der Waals surface area contributed by atoms with Crippen LogP contribution in [0.25, 0.3) is 0 Å². The number of carbonyl (C=O) groups excluding carboxylic acids is 3. The highest BCUT2D eigenvalue weighted by molar-refractivity contribution is 5.93. The van der Waals surface area contributed by atoms with E-state index in [1.165, 1.54) is 0 Å². The maximum atomic E-state index is 14.3. The normalized spacial score (nSPS) is 15.7. The van der Waals surface area contributed by atoms with E-state index in [-0.39, 0.29) is 23.8 Å². The molecule has 0 heterocycles. The van der Waals surface area contributed by atoms with Gasteiger partial charge in [0, 0.05) is 12.6 Å². The van der Waals surface area contributed by atoms with Crippen LogP contribution >= 0.6 is 0 Å². The van der Waals surface area contributed by atoms with Crippen LogP contribution < -0.4 is 10.6 Å². The fourth-order valence-corrected chi connectivity index (χ4v) is 4.50. The van der Waals surface area contributed by atoms with E-state index in [1.54, 1.807) is 25.7 Å². The van der Waals surface area contributed by atoms with E-state index < -0.39 is 23.8 Å². The zero-order valence-electron chi connectivity index (χ0n) is 23.8. The van der Waals surface area contributed by atoms with Crippen LogP contribution in [-0.4, -0.2) is 40.5 Å². The molecule has 206 valence electrons. The summed E-state index contributed by atoms with van der Waals surface area (Å²) in [5.74, 6) is -0.639. The number of amides is 3. The van der Waals surface area contributed by atoms with Crippen molar-refractivity contribution in [2.45, 2.75) is 98.0 Å². The summed E-state index contributed by atoms with van der Waals surface area (Å²) < 4.78 is 5.48. The highest BCUT2D eigenvalue weighted by Crippen LogP contribution is 2.37. The highest BCUT2D eigenvalue weighted by Gasteiger charge is 2.45. The molecule has 38 heavy (non-hydrogen) atoms. The number of nitrogens with zero attached hydrogens (tertiary/aromatic N) is 1. The Morgan fingerprint density at radius 2 is 1.71 bits per heavy atom. The lowest BCUT2D eigenvalue weighted by Crippen LogP contribution is -2.56. The first-order chi connectivity index (χ1) is 17.9. The summed E-state index contributed by atoms with van der Waals surface area (Å²) in [7, 11) is 0. The number of nitrogens with one attached hydrogen (secondary N) is 2. The molecule has 7 heteroatoms. The maximum absolute atomic E-state index is 14.3. The number of benzene rings is 2. The van der Waals surface area contributed by atoms with Gasteiger partial charge in [0.15, 0.2) is 0 Å². The molecular formula is C31H43N3O4. The summed E-state index contributed by atoms with van der Waals surface area (Å²) in [6.45, 7) is 13.6. The number of aryl methyl sites for hydroxylation is 2. The maximum Gasteiger partial charge on any atom is 0.408 e. The van der Waals surface area contributed by atoms with E-state index in [1.807, 2.05) is 76.2 Å². The SMILES string of the molecule is CCC(C)C(NC(=O)OC(C)(C)C)C(=O)N(C1CC1)C(C(=O)NCc1ccccc1)c1cc(C)ccc1C. The molecule has 0 aromatic heterocycles. The van der Waals surface area contributed by atoms with E-state index >= 15 is 0 Å². The molecule has 2 N–H and O–H groups in total. The summed E-state index contributed by atoms with van der Waals surface area (Å²) in [6, 6.07) is 14.0. The van der Waals surface area contributed by atoms with Gasteiger partial charge in [0.1, 0.15) is 17.7 Å². The van der Waals surface area contributed by atoms with Crippen molar-refractivity contribution in [3.63, 3.8) is 0 Å². The third kappa shape index (κ3) is 7.83. The Morgan fingerprint density at radius 1 is 1.05 bits per heavy atom. The van der Waals surface area contributed by atoms with Crippen molar-refractivity contribution in [3.8, 4) is 0 Å². The molecule has 1 saturated carbocycles. The molecule has 2 aromatic rings. The van der Waals surface area contributed by atoms with E-state index in [0.717, 1.165) is 35.1 Å². The zero-order valence-corrected chi connectivity index (χ0v) is 23.8. The van der Waals surface area contributed by atoms with Crippen LogP contribution in [0.2, 0.25) is 0 Å². The Bertz CT molecular complexity index is 1120. The van der Waals surface area contributed by atoms with Gasteiger partial charge < -0.3 is 20.3 Å². The lowest BCUT2D eigenvalue weighted by Gasteiger charge is -2.37. The van der Waals surface area contributed by atoms with E-state index in [9.17, 15) is 14.4 Å². The van der Waals surface area contributed by atoms with Crippen molar-refractivity contribution in [1.82, 2.24) is 15.5 Å². The molecule has 0 spiro atoms. The Labute approximate surface area is 227 Å². The van der Waals surface area contributed by atoms with Crippen LogP contribution in [0.5, 0.6) is 0 Å². The van der Waals surface area contributed by atoms with Gasteiger partial charge in [-0.3, -0.25) is 9.59 Å². The molecule has 0 bridgehead atoms. The van der Waals surface area contributed by atoms with Crippen molar-refractivity contribution < 1.29 is 19.1 Å². The first-order valence-corrected chi connectivity index (χ1v) is 13.6. The predicted octanol–water partition coefficient (Wildman–Crippen LogP) is 5.59. The molecule has 1 aliphatic carbocycles. The number of hydrogen-bond donors (Lipinski definition) is 2. The van der Waals surface area contributed by atoms with Crippen LogP contribution in [0.3, 0.4) is 0 Å². The molecule has 7 nitrogen and oxygen atoms in total. The minimum absolute atomic E-state index is 0.0677. The second-order valence-corrected chi connectivity index (χ2v) is 11.5. The number of alkyl carbamates (subject to hydrolysis) is 1. The lowest BCUT2D eigenvalue weighted by molar-refractivity contribution is -0.144. The average molecular weight is 522 g/mol. The van der Waals surface area contributed by atoms with Crippen molar-refractivity contribution in [2.24, 2.45) is 5.92 Å². The number of hydrogen-bond acceptors (Lipinski definition) is 4. The molecular weight excluding hydrogens is 478 g/mol. The first-order valence-electron chi connectivity index (χ1n) is 13.6. The second-order valence-electron chi connectivity index (χ2n) is 11.5. The van der Waals surface area contributed by atoms with Gasteiger partial charge in [-0.2, -0.15) is 0 Å². The smallest absolute Gasteiger partial charge is 0.408 e. The van der Waals surface area contributed by atoms with Crippen LogP contribution in [-0.2, 0) is 20.9 Å². The summed E-state index contributed by atoms with van der Waals surface area (Å²) in [6.07, 6.45) is 1.68. The molecule has 3 amide bonds. The summed E-state index contributed by atoms with van der Waals surface area (Å²) in [4.78, 5) is 42.7. The fourth-order valence-electron chi connectivity index (χ4n) is 4.50. The fraction of sp³-hybridized carbons (Fsp3) is 0.516. The molecule has 3 rings (SSSR count). The zero-order chi connectivity index (χ0) is 28.0. The van der Waals surface area contributed by atoms with E-state index in [2.05, 4.69) is 10.6 Å². The van der Waals surface area contributed by atoms with Crippen LogP contribution in [0.15, 0.2) is 48.5 Å². The Kier molecular flexibility index (Phi) is 9.58. The van der Waals surface area contributed by atoms with Gasteiger partial charge in [0.05, 0.1) is 0 Å². The molecule has 3 atom stereocenters. The monoisotopic (exact) mass is 521 g/mol. The van der Waals surface area contributed by atoms with E-state index in [4.69, 9.17) is 4.74 Å². The Balaban J connectivity index is 1.99. The van der Waals surface area contributed by atoms with Gasteiger partial charge in [-0.25, -0.2) is 4.79 Å². The summed E-state index contributed by atoms with van der Waals surface area (Å²) >= 11 is 0. The quantitative estimate of drug-likeness (QED) is 0.427. The number of rotatable bonds is 10. The number of ether oxygens (including phenoxy) is 1. The Hall–Kier alpha value is -3.35. The summed E-state index contributed by atoms with van der Waals surface area (Å²) in [5, 5.41) is 5.90. The third-order valence-electron chi connectivity index (χ3n) is 6.91. The standard InChI is InChI=1S/C31H43N3O4/c1-8-21(3)26(33-30(37)38-31(5,6)7)29(36)34(24-16-17-24)27(25-18-20(2)14-15-22(25)4)28(35)32-19-23-12-10-9-11-13-23/h9-15,18,21,24,26-27H,8,16-17,19H2,1-7H3,(H,32,35)(H,33,37). The molecule has 0 radical (unpaired) electrons. The minimum Gasteiger partial charge on any atom is -0.444 e. The van der Waals surface area contributed by atoms with Crippen molar-refractivity contribution in [1.29, 1.82) is 0 Å².